The van der Waals surface area contributed by atoms with Gasteiger partial charge in [0.2, 0.25) is 0 Å². The summed E-state index contributed by atoms with van der Waals surface area (Å²) in [6.07, 6.45) is -0.444. The molecule has 3 rings (SSSR count). The van der Waals surface area contributed by atoms with E-state index in [1.54, 1.807) is 23.1 Å². The van der Waals surface area contributed by atoms with E-state index in [4.69, 9.17) is 17.0 Å². The van der Waals surface area contributed by atoms with E-state index in [1.165, 1.54) is 11.3 Å². The minimum absolute atomic E-state index is 0.273. The number of thiazole rings is 1. The van der Waals surface area contributed by atoms with Crippen molar-refractivity contribution in [1.29, 1.82) is 0 Å². The van der Waals surface area contributed by atoms with Crippen molar-refractivity contribution in [3.05, 3.63) is 46.4 Å². The molecule has 2 heterocycles. The van der Waals surface area contributed by atoms with Crippen LogP contribution in [0.3, 0.4) is 0 Å². The van der Waals surface area contributed by atoms with E-state index >= 15 is 0 Å². The van der Waals surface area contributed by atoms with Crippen molar-refractivity contribution in [3.8, 4) is 5.75 Å². The van der Waals surface area contributed by atoms with Crippen LogP contribution in [0.15, 0.2) is 42.5 Å². The number of aromatic amines is 1. The van der Waals surface area contributed by atoms with Crippen molar-refractivity contribution in [1.82, 2.24) is 9.97 Å². The van der Waals surface area contributed by atoms with Gasteiger partial charge in [-0.15, -0.1) is 0 Å². The van der Waals surface area contributed by atoms with Gasteiger partial charge in [0.05, 0.1) is 5.52 Å². The Morgan fingerprint density at radius 3 is 2.75 bits per heavy atom. The van der Waals surface area contributed by atoms with Crippen LogP contribution in [0.4, 0.5) is 10.6 Å². The topological polar surface area (TPSA) is 58.2 Å². The first-order valence-electron chi connectivity index (χ1n) is 7.57. The summed E-state index contributed by atoms with van der Waals surface area (Å²) in [5.41, 5.74) is 0.870. The van der Waals surface area contributed by atoms with Crippen LogP contribution in [0, 0.1) is 9.87 Å². The van der Waals surface area contributed by atoms with Gasteiger partial charge in [0, 0.05) is 6.54 Å². The first-order chi connectivity index (χ1) is 11.5. The predicted octanol–water partition coefficient (Wildman–Crippen LogP) is 5.02. The lowest BCUT2D eigenvalue weighted by Gasteiger charge is -2.22. The number of amides is 1. The number of hydrogen-bond donors (Lipinski definition) is 1. The lowest BCUT2D eigenvalue weighted by molar-refractivity contribution is 0.206. The second kappa shape index (κ2) is 7.11. The van der Waals surface area contributed by atoms with Crippen LogP contribution >= 0.6 is 23.6 Å². The average molecular weight is 359 g/mol. The zero-order valence-electron chi connectivity index (χ0n) is 13.4. The smallest absolute Gasteiger partial charge is 0.410 e. The molecular weight excluding hydrogens is 342 g/mol. The van der Waals surface area contributed by atoms with Crippen LogP contribution in [-0.2, 0) is 0 Å². The van der Waals surface area contributed by atoms with Crippen LogP contribution in [-0.4, -0.2) is 22.6 Å². The van der Waals surface area contributed by atoms with Gasteiger partial charge in [-0.3, -0.25) is 4.90 Å². The standard InChI is InChI=1S/C17H17N3O2S2/c1-11(2)10-20(17(21)22-12-6-4-3-5-7-12)14-9-8-13-15(19-14)24-16(23)18-13/h3-9,11H,10H2,1-2H3,(H,18,23). The summed E-state index contributed by atoms with van der Waals surface area (Å²) >= 11 is 6.54. The molecule has 0 atom stereocenters. The van der Waals surface area contributed by atoms with E-state index in [9.17, 15) is 4.79 Å². The molecule has 7 heteroatoms. The fourth-order valence-electron chi connectivity index (χ4n) is 2.25. The number of nitrogens with zero attached hydrogens (tertiary/aromatic N) is 2. The Morgan fingerprint density at radius 1 is 1.29 bits per heavy atom. The van der Waals surface area contributed by atoms with E-state index in [2.05, 4.69) is 9.97 Å². The van der Waals surface area contributed by atoms with Crippen LogP contribution in [0.25, 0.3) is 10.3 Å². The van der Waals surface area contributed by atoms with Gasteiger partial charge < -0.3 is 9.72 Å². The first kappa shape index (κ1) is 16.6. The number of nitrogens with one attached hydrogen (secondary N) is 1. The van der Waals surface area contributed by atoms with Crippen molar-refractivity contribution in [2.75, 3.05) is 11.4 Å². The summed E-state index contributed by atoms with van der Waals surface area (Å²) in [4.78, 5) is 22.6. The minimum atomic E-state index is -0.444. The summed E-state index contributed by atoms with van der Waals surface area (Å²) in [7, 11) is 0. The van der Waals surface area contributed by atoms with Gasteiger partial charge in [0.1, 0.15) is 16.4 Å². The van der Waals surface area contributed by atoms with Crippen molar-refractivity contribution in [2.24, 2.45) is 5.92 Å². The Morgan fingerprint density at radius 2 is 2.04 bits per heavy atom. The fourth-order valence-corrected chi connectivity index (χ4v) is 3.30. The van der Waals surface area contributed by atoms with Crippen LogP contribution in [0.5, 0.6) is 5.75 Å². The molecular formula is C17H17N3O2S2. The molecule has 0 aliphatic carbocycles. The highest BCUT2D eigenvalue weighted by Crippen LogP contribution is 2.23. The quantitative estimate of drug-likeness (QED) is 0.665. The molecule has 5 nitrogen and oxygen atoms in total. The van der Waals surface area contributed by atoms with Crippen LogP contribution in [0.1, 0.15) is 13.8 Å². The summed E-state index contributed by atoms with van der Waals surface area (Å²) < 4.78 is 6.13. The number of rotatable bonds is 4. The number of para-hydroxylation sites is 1. The van der Waals surface area contributed by atoms with Gasteiger partial charge in [-0.2, -0.15) is 0 Å². The number of benzene rings is 1. The summed E-state index contributed by atoms with van der Waals surface area (Å²) in [6.45, 7) is 4.60. The number of H-pyrrole nitrogens is 1. The molecule has 1 aromatic carbocycles. The molecule has 0 saturated carbocycles. The third kappa shape index (κ3) is 3.80. The Labute approximate surface area is 148 Å². The highest BCUT2D eigenvalue weighted by atomic mass is 32.1. The van der Waals surface area contributed by atoms with E-state index in [0.29, 0.717) is 22.1 Å². The van der Waals surface area contributed by atoms with Gasteiger partial charge in [0.25, 0.3) is 0 Å². The third-order valence-electron chi connectivity index (χ3n) is 3.26. The molecule has 0 spiro atoms. The average Bonchev–Trinajstić information content (AvgIpc) is 2.92. The van der Waals surface area contributed by atoms with E-state index in [0.717, 1.165) is 10.3 Å². The minimum Gasteiger partial charge on any atom is -0.410 e. The van der Waals surface area contributed by atoms with Crippen molar-refractivity contribution in [2.45, 2.75) is 13.8 Å². The molecule has 0 aliphatic rings. The molecule has 0 fully saturated rings. The molecule has 24 heavy (non-hydrogen) atoms. The molecule has 3 aromatic rings. The van der Waals surface area contributed by atoms with Gasteiger partial charge in [-0.1, -0.05) is 43.4 Å². The molecule has 2 aromatic heterocycles. The summed E-state index contributed by atoms with van der Waals surface area (Å²) in [5, 5.41) is 0. The number of pyridine rings is 1. The van der Waals surface area contributed by atoms with Gasteiger partial charge in [-0.25, -0.2) is 9.78 Å². The van der Waals surface area contributed by atoms with E-state index in [-0.39, 0.29) is 5.92 Å². The molecule has 0 saturated heterocycles. The Bertz CT molecular complexity index is 903. The number of fused-ring (bicyclic) bond motifs is 1. The maximum absolute atomic E-state index is 12.6. The van der Waals surface area contributed by atoms with Crippen molar-refractivity contribution >= 4 is 45.8 Å². The van der Waals surface area contributed by atoms with Gasteiger partial charge >= 0.3 is 6.09 Å². The predicted molar refractivity (Wildman–Crippen MR) is 99.5 cm³/mol. The zero-order valence-corrected chi connectivity index (χ0v) is 15.0. The highest BCUT2D eigenvalue weighted by molar-refractivity contribution is 7.73. The Hall–Kier alpha value is -2.25. The number of carbonyl (C=O) groups excluding carboxylic acids is 1. The SMILES string of the molecule is CC(C)CN(C(=O)Oc1ccccc1)c1ccc2[nH]c(=S)sc2n1. The first-order valence-corrected chi connectivity index (χ1v) is 8.79. The highest BCUT2D eigenvalue weighted by Gasteiger charge is 2.21. The normalized spacial score (nSPS) is 11.0. The Balaban J connectivity index is 1.91. The molecule has 124 valence electrons. The number of aromatic nitrogens is 2. The fraction of sp³-hybridized carbons (Fsp3) is 0.235. The van der Waals surface area contributed by atoms with Crippen LogP contribution < -0.4 is 9.64 Å². The van der Waals surface area contributed by atoms with Gasteiger partial charge in [0.15, 0.2) is 3.95 Å². The van der Waals surface area contributed by atoms with Crippen LogP contribution in [0.2, 0.25) is 0 Å². The maximum atomic E-state index is 12.6. The molecule has 0 unspecified atom stereocenters. The van der Waals surface area contributed by atoms with Gasteiger partial charge in [-0.05, 0) is 42.4 Å². The number of anilines is 1. The maximum Gasteiger partial charge on any atom is 0.420 e. The van der Waals surface area contributed by atoms with Crippen molar-refractivity contribution in [3.63, 3.8) is 0 Å². The number of ether oxygens (including phenoxy) is 1. The molecule has 0 aliphatic heterocycles. The molecule has 0 radical (unpaired) electrons. The lowest BCUT2D eigenvalue weighted by atomic mass is 10.2. The number of hydrogen-bond acceptors (Lipinski definition) is 5. The molecule has 1 amide bonds. The zero-order chi connectivity index (χ0) is 17.1. The van der Waals surface area contributed by atoms with Crippen molar-refractivity contribution < 1.29 is 9.53 Å². The molecule has 0 bridgehead atoms. The Kier molecular flexibility index (Phi) is 4.92. The second-order valence-corrected chi connectivity index (χ2v) is 7.39. The van der Waals surface area contributed by atoms with E-state index < -0.39 is 6.09 Å². The lowest BCUT2D eigenvalue weighted by Crippen LogP contribution is -2.37. The third-order valence-corrected chi connectivity index (χ3v) is 4.41. The number of carbonyl (C=O) groups is 1. The monoisotopic (exact) mass is 359 g/mol. The molecule has 1 N–H and O–H groups in total. The largest absolute Gasteiger partial charge is 0.420 e. The van der Waals surface area contributed by atoms with E-state index in [1.807, 2.05) is 38.1 Å². The summed E-state index contributed by atoms with van der Waals surface area (Å²) in [5.74, 6) is 1.34. The second-order valence-electron chi connectivity index (χ2n) is 5.72. The summed E-state index contributed by atoms with van der Waals surface area (Å²) in [6, 6.07) is 12.7.